The van der Waals surface area contributed by atoms with E-state index in [9.17, 15) is 9.50 Å². The summed E-state index contributed by atoms with van der Waals surface area (Å²) in [5.74, 6) is -0.526. The summed E-state index contributed by atoms with van der Waals surface area (Å²) in [5, 5.41) is 11.0. The van der Waals surface area contributed by atoms with Crippen LogP contribution in [0.25, 0.3) is 10.6 Å². The topological polar surface area (TPSA) is 58.9 Å². The van der Waals surface area contributed by atoms with E-state index in [0.29, 0.717) is 5.01 Å². The molecule has 3 aromatic rings. The third kappa shape index (κ3) is 2.56. The van der Waals surface area contributed by atoms with Gasteiger partial charge in [0.2, 0.25) is 5.95 Å². The van der Waals surface area contributed by atoms with E-state index in [1.807, 2.05) is 0 Å². The fourth-order valence-corrected chi connectivity index (χ4v) is 2.68. The normalized spacial score (nSPS) is 12.3. The van der Waals surface area contributed by atoms with Gasteiger partial charge in [-0.1, -0.05) is 0 Å². The van der Waals surface area contributed by atoms with Crippen molar-refractivity contribution in [3.8, 4) is 10.6 Å². The van der Waals surface area contributed by atoms with Crippen LogP contribution in [0.1, 0.15) is 16.5 Å². The largest absolute Gasteiger partial charge is 0.383 e. The van der Waals surface area contributed by atoms with Gasteiger partial charge in [0.25, 0.3) is 0 Å². The molecule has 0 spiro atoms. The fraction of sp³-hybridized carbons (Fsp3) is 0.0714. The summed E-state index contributed by atoms with van der Waals surface area (Å²) in [6.07, 6.45) is 5.57. The molecule has 1 N–H and O–H groups in total. The SMILES string of the molecule is OC(c1ccncc1)c1cnc(-c2ccc(F)nc2)s1. The van der Waals surface area contributed by atoms with E-state index in [2.05, 4.69) is 15.0 Å². The van der Waals surface area contributed by atoms with Crippen molar-refractivity contribution < 1.29 is 9.50 Å². The summed E-state index contributed by atoms with van der Waals surface area (Å²) in [4.78, 5) is 12.5. The number of nitrogens with zero attached hydrogens (tertiary/aromatic N) is 3. The van der Waals surface area contributed by atoms with E-state index in [1.165, 1.54) is 23.6 Å². The maximum atomic E-state index is 12.8. The number of pyridine rings is 2. The minimum Gasteiger partial charge on any atom is -0.383 e. The first-order chi connectivity index (χ1) is 9.74. The summed E-state index contributed by atoms with van der Waals surface area (Å²) in [6.45, 7) is 0. The monoisotopic (exact) mass is 287 g/mol. The van der Waals surface area contributed by atoms with Gasteiger partial charge in [0.1, 0.15) is 11.1 Å². The third-order valence-corrected chi connectivity index (χ3v) is 3.89. The summed E-state index contributed by atoms with van der Waals surface area (Å²) in [7, 11) is 0. The average molecular weight is 287 g/mol. The van der Waals surface area contributed by atoms with Gasteiger partial charge in [-0.15, -0.1) is 11.3 Å². The molecule has 0 aromatic carbocycles. The van der Waals surface area contributed by atoms with Crippen molar-refractivity contribution in [1.29, 1.82) is 0 Å². The molecular weight excluding hydrogens is 277 g/mol. The van der Waals surface area contributed by atoms with E-state index in [1.54, 1.807) is 36.8 Å². The molecule has 20 heavy (non-hydrogen) atoms. The molecule has 0 radical (unpaired) electrons. The quantitative estimate of drug-likeness (QED) is 0.753. The van der Waals surface area contributed by atoms with E-state index < -0.39 is 12.1 Å². The molecule has 0 aliphatic heterocycles. The molecule has 3 heterocycles. The molecule has 0 fully saturated rings. The van der Waals surface area contributed by atoms with Crippen LogP contribution in [0.5, 0.6) is 0 Å². The van der Waals surface area contributed by atoms with Crippen LogP contribution in [0.2, 0.25) is 0 Å². The number of hydrogen-bond donors (Lipinski definition) is 1. The predicted molar refractivity (Wildman–Crippen MR) is 73.6 cm³/mol. The predicted octanol–water partition coefficient (Wildman–Crippen LogP) is 2.82. The Balaban J connectivity index is 1.89. The Hall–Kier alpha value is -2.18. The molecule has 4 nitrogen and oxygen atoms in total. The van der Waals surface area contributed by atoms with Gasteiger partial charge in [0.05, 0.1) is 4.88 Å². The van der Waals surface area contributed by atoms with Crippen molar-refractivity contribution in [2.45, 2.75) is 6.10 Å². The van der Waals surface area contributed by atoms with Crippen molar-refractivity contribution in [3.05, 3.63) is 65.4 Å². The molecule has 3 rings (SSSR count). The number of hydrogen-bond acceptors (Lipinski definition) is 5. The second-order valence-electron chi connectivity index (χ2n) is 4.12. The third-order valence-electron chi connectivity index (χ3n) is 2.79. The number of rotatable bonds is 3. The van der Waals surface area contributed by atoms with Crippen LogP contribution >= 0.6 is 11.3 Å². The zero-order valence-corrected chi connectivity index (χ0v) is 11.1. The number of thiazole rings is 1. The van der Waals surface area contributed by atoms with Gasteiger partial charge >= 0.3 is 0 Å². The lowest BCUT2D eigenvalue weighted by molar-refractivity contribution is 0.224. The van der Waals surface area contributed by atoms with Crippen molar-refractivity contribution in [3.63, 3.8) is 0 Å². The van der Waals surface area contributed by atoms with Crippen molar-refractivity contribution in [1.82, 2.24) is 15.0 Å². The van der Waals surface area contributed by atoms with Crippen LogP contribution in [0, 0.1) is 5.95 Å². The van der Waals surface area contributed by atoms with Crippen LogP contribution in [-0.4, -0.2) is 20.1 Å². The standard InChI is InChI=1S/C14H10FN3OS/c15-12-2-1-10(7-17-12)14-18-8-11(20-14)13(19)9-3-5-16-6-4-9/h1-8,13,19H. The molecule has 0 aliphatic rings. The number of aromatic nitrogens is 3. The fourth-order valence-electron chi connectivity index (χ4n) is 1.76. The Kier molecular flexibility index (Phi) is 3.49. The molecule has 0 amide bonds. The van der Waals surface area contributed by atoms with Crippen LogP contribution < -0.4 is 0 Å². The lowest BCUT2D eigenvalue weighted by Gasteiger charge is -2.06. The van der Waals surface area contributed by atoms with E-state index >= 15 is 0 Å². The Labute approximate surface area is 118 Å². The van der Waals surface area contributed by atoms with Crippen molar-refractivity contribution >= 4 is 11.3 Å². The molecule has 0 saturated carbocycles. The average Bonchev–Trinajstić information content (AvgIpc) is 2.98. The highest BCUT2D eigenvalue weighted by atomic mass is 32.1. The minimum atomic E-state index is -0.738. The molecule has 100 valence electrons. The van der Waals surface area contributed by atoms with Crippen LogP contribution in [0.4, 0.5) is 4.39 Å². The highest BCUT2D eigenvalue weighted by Gasteiger charge is 2.14. The summed E-state index contributed by atoms with van der Waals surface area (Å²) >= 11 is 1.35. The van der Waals surface area contributed by atoms with Crippen molar-refractivity contribution in [2.75, 3.05) is 0 Å². The van der Waals surface area contributed by atoms with Gasteiger partial charge in [0, 0.05) is 30.4 Å². The van der Waals surface area contributed by atoms with E-state index in [4.69, 9.17) is 0 Å². The lowest BCUT2D eigenvalue weighted by Crippen LogP contribution is -1.96. The van der Waals surface area contributed by atoms with Gasteiger partial charge in [-0.25, -0.2) is 9.97 Å². The van der Waals surface area contributed by atoms with Crippen molar-refractivity contribution in [2.24, 2.45) is 0 Å². The highest BCUT2D eigenvalue weighted by Crippen LogP contribution is 2.31. The first-order valence-electron chi connectivity index (χ1n) is 5.89. The van der Waals surface area contributed by atoms with E-state index in [-0.39, 0.29) is 0 Å². The molecule has 0 aliphatic carbocycles. The van der Waals surface area contributed by atoms with Gasteiger partial charge in [-0.2, -0.15) is 4.39 Å². The molecule has 1 atom stereocenters. The highest BCUT2D eigenvalue weighted by molar-refractivity contribution is 7.15. The second kappa shape index (κ2) is 5.44. The Morgan fingerprint density at radius 1 is 1.05 bits per heavy atom. The van der Waals surface area contributed by atoms with Crippen LogP contribution in [0.15, 0.2) is 49.1 Å². The number of aliphatic hydroxyl groups is 1. The molecule has 1 unspecified atom stereocenters. The first-order valence-corrected chi connectivity index (χ1v) is 6.71. The second-order valence-corrected chi connectivity index (χ2v) is 5.18. The molecule has 0 saturated heterocycles. The first kappa shape index (κ1) is 12.8. The zero-order valence-electron chi connectivity index (χ0n) is 10.3. The Morgan fingerprint density at radius 3 is 2.55 bits per heavy atom. The smallest absolute Gasteiger partial charge is 0.212 e. The summed E-state index contributed by atoms with van der Waals surface area (Å²) in [6, 6.07) is 6.41. The number of halogens is 1. The van der Waals surface area contributed by atoms with Gasteiger partial charge < -0.3 is 5.11 Å². The Bertz CT molecular complexity index is 700. The van der Waals surface area contributed by atoms with Gasteiger partial charge in [-0.05, 0) is 29.8 Å². The summed E-state index contributed by atoms with van der Waals surface area (Å²) < 4.78 is 12.8. The maximum Gasteiger partial charge on any atom is 0.212 e. The molecular formula is C14H10FN3OS. The minimum absolute atomic E-state index is 0.526. The molecule has 3 aromatic heterocycles. The van der Waals surface area contributed by atoms with E-state index in [0.717, 1.165) is 16.0 Å². The van der Waals surface area contributed by atoms with Gasteiger partial charge in [-0.3, -0.25) is 4.98 Å². The maximum absolute atomic E-state index is 12.8. The summed E-state index contributed by atoms with van der Waals surface area (Å²) in [5.41, 5.74) is 1.48. The molecule has 0 bridgehead atoms. The number of aliphatic hydroxyl groups excluding tert-OH is 1. The molecule has 6 heteroatoms. The zero-order chi connectivity index (χ0) is 13.9. The van der Waals surface area contributed by atoms with Gasteiger partial charge in [0.15, 0.2) is 0 Å². The van der Waals surface area contributed by atoms with Crippen LogP contribution in [0.3, 0.4) is 0 Å². The van der Waals surface area contributed by atoms with Crippen LogP contribution in [-0.2, 0) is 0 Å². The Morgan fingerprint density at radius 2 is 1.85 bits per heavy atom. The lowest BCUT2D eigenvalue weighted by atomic mass is 10.1.